The van der Waals surface area contributed by atoms with Crippen molar-refractivity contribution < 1.29 is 56.3 Å². The van der Waals surface area contributed by atoms with Crippen molar-refractivity contribution in [2.24, 2.45) is 5.92 Å². The van der Waals surface area contributed by atoms with Crippen molar-refractivity contribution in [1.82, 2.24) is 21.0 Å². The SMILES string of the molecule is CCCCC[C@@H](C(=O)NCNC(=O)c1ccc(-c2ccc(C(=O)NCP(=O)(OCc3ccccc3)OCc3ccccc3)c(OCC)c2)o1)[C@@H](CC)N(C=O)OC(=O)c1ccc(OC)cc1. The molecule has 0 aliphatic rings. The Bertz CT molecular complexity index is 2350. The van der Waals surface area contributed by atoms with Gasteiger partial charge in [-0.2, -0.15) is 5.06 Å². The summed E-state index contributed by atoms with van der Waals surface area (Å²) in [7, 11) is -2.35. The molecule has 2 atom stereocenters. The number of furan rings is 1. The van der Waals surface area contributed by atoms with E-state index in [9.17, 15) is 28.5 Å². The molecule has 1 heterocycles. The summed E-state index contributed by atoms with van der Waals surface area (Å²) in [6.07, 6.45) is 3.09. The van der Waals surface area contributed by atoms with Gasteiger partial charge in [0.2, 0.25) is 12.3 Å². The third kappa shape index (κ3) is 14.6. The molecule has 66 heavy (non-hydrogen) atoms. The van der Waals surface area contributed by atoms with Crippen LogP contribution >= 0.6 is 7.60 Å². The Hall–Kier alpha value is -6.74. The van der Waals surface area contributed by atoms with Crippen LogP contribution < -0.4 is 25.4 Å². The molecule has 5 rings (SSSR count). The molecule has 17 heteroatoms. The number of carbonyl (C=O) groups excluding carboxylic acids is 5. The molecule has 4 aromatic carbocycles. The van der Waals surface area contributed by atoms with Crippen LogP contribution in [0, 0.1) is 5.92 Å². The van der Waals surface area contributed by atoms with Crippen molar-refractivity contribution >= 4 is 37.7 Å². The minimum absolute atomic E-state index is 0.00681. The Morgan fingerprint density at radius 2 is 1.44 bits per heavy atom. The minimum atomic E-state index is -3.86. The Morgan fingerprint density at radius 3 is 2.03 bits per heavy atom. The molecule has 5 aromatic rings. The average molecular weight is 925 g/mol. The second kappa shape index (κ2) is 25.7. The number of rotatable bonds is 27. The van der Waals surface area contributed by atoms with Crippen molar-refractivity contribution in [2.45, 2.75) is 72.1 Å². The highest BCUT2D eigenvalue weighted by atomic mass is 31.2. The highest BCUT2D eigenvalue weighted by Crippen LogP contribution is 2.49. The van der Waals surface area contributed by atoms with Crippen molar-refractivity contribution in [3.63, 3.8) is 0 Å². The topological polar surface area (TPSA) is 201 Å². The van der Waals surface area contributed by atoms with Gasteiger partial charge < -0.3 is 43.7 Å². The van der Waals surface area contributed by atoms with E-state index in [1.54, 1.807) is 44.2 Å². The predicted molar refractivity (Wildman–Crippen MR) is 246 cm³/mol. The summed E-state index contributed by atoms with van der Waals surface area (Å²) in [5.74, 6) is -2.18. The van der Waals surface area contributed by atoms with E-state index in [-0.39, 0.29) is 49.1 Å². The Balaban J connectivity index is 1.20. The Kier molecular flexibility index (Phi) is 19.6. The van der Waals surface area contributed by atoms with E-state index in [2.05, 4.69) is 16.0 Å². The summed E-state index contributed by atoms with van der Waals surface area (Å²) in [6, 6.07) is 31.6. The van der Waals surface area contributed by atoms with Crippen LogP contribution in [0.25, 0.3) is 11.3 Å². The number of benzene rings is 4. The van der Waals surface area contributed by atoms with Gasteiger partial charge >= 0.3 is 13.6 Å². The van der Waals surface area contributed by atoms with E-state index < -0.39 is 49.5 Å². The first kappa shape index (κ1) is 50.3. The number of nitrogens with zero attached hydrogens (tertiary/aromatic N) is 1. The third-order valence-corrected chi connectivity index (χ3v) is 12.0. The van der Waals surface area contributed by atoms with E-state index in [1.807, 2.05) is 67.6 Å². The fraction of sp³-hybridized carbons (Fsp3) is 0.327. The fourth-order valence-corrected chi connectivity index (χ4v) is 8.15. The molecule has 0 saturated carbocycles. The molecule has 0 saturated heterocycles. The van der Waals surface area contributed by atoms with Crippen molar-refractivity contribution in [2.75, 3.05) is 26.7 Å². The number of amides is 4. The number of hydrogen-bond acceptors (Lipinski definition) is 12. The van der Waals surface area contributed by atoms with Crippen molar-refractivity contribution in [3.05, 3.63) is 143 Å². The predicted octanol–water partition coefficient (Wildman–Crippen LogP) is 8.68. The van der Waals surface area contributed by atoms with Crippen LogP contribution in [0.3, 0.4) is 0 Å². The zero-order valence-electron chi connectivity index (χ0n) is 37.6. The molecule has 4 amide bonds. The first-order chi connectivity index (χ1) is 32.0. The Morgan fingerprint density at radius 1 is 0.773 bits per heavy atom. The minimum Gasteiger partial charge on any atom is -0.497 e. The molecule has 0 radical (unpaired) electrons. The van der Waals surface area contributed by atoms with E-state index in [1.165, 1.54) is 31.4 Å². The van der Waals surface area contributed by atoms with Gasteiger partial charge in [-0.05, 0) is 79.4 Å². The molecular formula is C49H57N4O12P. The van der Waals surface area contributed by atoms with E-state index in [0.717, 1.165) is 29.0 Å². The summed E-state index contributed by atoms with van der Waals surface area (Å²) < 4.78 is 42.4. The van der Waals surface area contributed by atoms with E-state index in [0.29, 0.717) is 42.7 Å². The van der Waals surface area contributed by atoms with Crippen molar-refractivity contribution in [1.29, 1.82) is 0 Å². The summed E-state index contributed by atoms with van der Waals surface area (Å²) >= 11 is 0. The maximum atomic E-state index is 14.0. The second-order valence-electron chi connectivity index (χ2n) is 15.0. The molecule has 3 N–H and O–H groups in total. The van der Waals surface area contributed by atoms with Gasteiger partial charge in [0.25, 0.3) is 11.8 Å². The van der Waals surface area contributed by atoms with Crippen LogP contribution in [-0.2, 0) is 41.3 Å². The Labute approximate surface area is 384 Å². The quantitative estimate of drug-likeness (QED) is 0.0149. The smallest absolute Gasteiger partial charge is 0.363 e. The van der Waals surface area contributed by atoms with Gasteiger partial charge in [0.15, 0.2) is 5.76 Å². The van der Waals surface area contributed by atoms with Gasteiger partial charge in [-0.25, -0.2) is 4.79 Å². The molecule has 1 aromatic heterocycles. The fourth-order valence-electron chi connectivity index (χ4n) is 6.87. The first-order valence-corrected chi connectivity index (χ1v) is 23.5. The molecule has 0 aliphatic carbocycles. The number of unbranched alkanes of at least 4 members (excludes halogenated alkanes) is 2. The van der Waals surface area contributed by atoms with Gasteiger partial charge in [-0.3, -0.25) is 23.7 Å². The van der Waals surface area contributed by atoms with Crippen molar-refractivity contribution in [3.8, 4) is 22.8 Å². The third-order valence-electron chi connectivity index (χ3n) is 10.4. The molecule has 0 spiro atoms. The zero-order chi connectivity index (χ0) is 47.3. The lowest BCUT2D eigenvalue weighted by Gasteiger charge is -2.31. The lowest BCUT2D eigenvalue weighted by molar-refractivity contribution is -0.171. The highest BCUT2D eigenvalue weighted by Gasteiger charge is 2.34. The number of hydrogen-bond donors (Lipinski definition) is 3. The molecule has 16 nitrogen and oxygen atoms in total. The van der Waals surface area contributed by atoms with Crippen LogP contribution in [0.4, 0.5) is 0 Å². The standard InChI is InChI=1S/C49H57N4O12P/c1-5-8-11-20-40(42(6-2)53(34-54)65-49(58)37-21-24-39(60-4)25-22-37)46(55)50-32-51-48(57)44-28-27-43(64-44)38-23-26-41(45(29-38)61-7-3)47(56)52-33-66(59,62-30-35-16-12-9-13-17-35)63-31-36-18-14-10-15-19-36/h9-10,12-19,21-29,34,40,42H,5-8,11,20,30-33H2,1-4H3,(H,50,55)(H,51,57)(H,52,56)/t40-,42-/m1/s1. The van der Waals surface area contributed by atoms with Crippen LogP contribution in [0.2, 0.25) is 0 Å². The van der Waals surface area contributed by atoms with Gasteiger partial charge in [0.1, 0.15) is 23.5 Å². The number of carbonyl (C=O) groups is 5. The molecule has 0 unspecified atom stereocenters. The number of hydroxylamine groups is 2. The van der Waals surface area contributed by atoms with E-state index in [4.69, 9.17) is 27.8 Å². The summed E-state index contributed by atoms with van der Waals surface area (Å²) in [5.41, 5.74) is 2.42. The van der Waals surface area contributed by atoms with Gasteiger partial charge in [-0.1, -0.05) is 99.8 Å². The lowest BCUT2D eigenvalue weighted by Crippen LogP contribution is -2.49. The molecule has 0 aliphatic heterocycles. The van der Waals surface area contributed by atoms with Crippen LogP contribution in [0.5, 0.6) is 11.5 Å². The molecular weight excluding hydrogens is 868 g/mol. The number of methoxy groups -OCH3 is 1. The van der Waals surface area contributed by atoms with E-state index >= 15 is 0 Å². The van der Waals surface area contributed by atoms with Gasteiger partial charge in [0, 0.05) is 5.56 Å². The summed E-state index contributed by atoms with van der Waals surface area (Å²) in [5, 5.41) is 8.94. The van der Waals surface area contributed by atoms with Crippen LogP contribution in [0.1, 0.15) is 95.3 Å². The average Bonchev–Trinajstić information content (AvgIpc) is 3.85. The molecule has 0 fully saturated rings. The molecule has 350 valence electrons. The maximum absolute atomic E-state index is 14.0. The summed E-state index contributed by atoms with van der Waals surface area (Å²) in [4.78, 5) is 71.1. The molecule has 0 bridgehead atoms. The largest absolute Gasteiger partial charge is 0.497 e. The highest BCUT2D eigenvalue weighted by molar-refractivity contribution is 7.53. The second-order valence-corrected chi connectivity index (χ2v) is 17.0. The van der Waals surface area contributed by atoms with Gasteiger partial charge in [0.05, 0.1) is 56.7 Å². The lowest BCUT2D eigenvalue weighted by atomic mass is 9.90. The van der Waals surface area contributed by atoms with Crippen LogP contribution in [-0.4, -0.2) is 67.9 Å². The normalized spacial score (nSPS) is 12.0. The first-order valence-electron chi connectivity index (χ1n) is 21.8. The monoisotopic (exact) mass is 924 g/mol. The maximum Gasteiger partial charge on any atom is 0.363 e. The zero-order valence-corrected chi connectivity index (χ0v) is 38.5. The van der Waals surface area contributed by atoms with Gasteiger partial charge in [-0.15, -0.1) is 0 Å². The summed E-state index contributed by atoms with van der Waals surface area (Å²) in [6.45, 7) is 5.55. The number of nitrogens with one attached hydrogen (secondary N) is 3. The number of ether oxygens (including phenoxy) is 2. The van der Waals surface area contributed by atoms with Crippen LogP contribution in [0.15, 0.2) is 120 Å².